The predicted octanol–water partition coefficient (Wildman–Crippen LogP) is 1.55. The fraction of sp³-hybridized carbons (Fsp3) is 0.438. The van der Waals surface area contributed by atoms with Gasteiger partial charge in [0.1, 0.15) is 6.04 Å². The van der Waals surface area contributed by atoms with Crippen molar-refractivity contribution in [2.75, 3.05) is 13.7 Å². The number of benzene rings is 1. The summed E-state index contributed by atoms with van der Waals surface area (Å²) in [4.78, 5) is 12.1. The zero-order valence-electron chi connectivity index (χ0n) is 11.6. The van der Waals surface area contributed by atoms with Crippen LogP contribution in [0.4, 0.5) is 0 Å². The number of hydrogen-bond donors (Lipinski definition) is 2. The molecule has 0 aromatic heterocycles. The summed E-state index contributed by atoms with van der Waals surface area (Å²) in [6.07, 6.45) is 3.78. The Balaban J connectivity index is 1.55. The van der Waals surface area contributed by atoms with Gasteiger partial charge >= 0.3 is 0 Å². The van der Waals surface area contributed by atoms with E-state index < -0.39 is 0 Å². The average molecular weight is 272 g/mol. The summed E-state index contributed by atoms with van der Waals surface area (Å²) < 4.78 is 5.31. The third-order valence-corrected chi connectivity index (χ3v) is 4.08. The maximum atomic E-state index is 12.1. The minimum absolute atomic E-state index is 0.000520. The van der Waals surface area contributed by atoms with Crippen LogP contribution in [0.1, 0.15) is 24.3 Å². The fourth-order valence-corrected chi connectivity index (χ4v) is 2.80. The first-order chi connectivity index (χ1) is 9.79. The Morgan fingerprint density at radius 2 is 2.20 bits per heavy atom. The Morgan fingerprint density at radius 3 is 2.95 bits per heavy atom. The Hall–Kier alpha value is -1.65. The van der Waals surface area contributed by atoms with Gasteiger partial charge in [-0.1, -0.05) is 30.3 Å². The number of nitrogens with one attached hydrogen (secondary N) is 2. The number of carbonyl (C=O) groups is 1. The largest absolute Gasteiger partial charge is 0.379 e. The molecule has 3 rings (SSSR count). The van der Waals surface area contributed by atoms with Crippen LogP contribution in [0.2, 0.25) is 0 Å². The summed E-state index contributed by atoms with van der Waals surface area (Å²) in [5.41, 5.74) is 2.61. The molecule has 1 saturated carbocycles. The molecule has 2 N–H and O–H groups in total. The summed E-state index contributed by atoms with van der Waals surface area (Å²) in [5, 5.41) is 6.09. The molecule has 3 unspecified atom stereocenters. The minimum Gasteiger partial charge on any atom is -0.379 e. The van der Waals surface area contributed by atoms with E-state index in [4.69, 9.17) is 4.74 Å². The highest BCUT2D eigenvalue weighted by Gasteiger charge is 2.34. The highest BCUT2D eigenvalue weighted by Crippen LogP contribution is 2.46. The Morgan fingerprint density at radius 1 is 1.40 bits per heavy atom. The highest BCUT2D eigenvalue weighted by atomic mass is 16.5. The monoisotopic (exact) mass is 272 g/mol. The lowest BCUT2D eigenvalue weighted by molar-refractivity contribution is -0.124. The van der Waals surface area contributed by atoms with Crippen molar-refractivity contribution in [1.82, 2.24) is 10.6 Å². The second-order valence-corrected chi connectivity index (χ2v) is 5.39. The van der Waals surface area contributed by atoms with E-state index in [0.717, 1.165) is 19.4 Å². The smallest absolute Gasteiger partial charge is 0.243 e. The van der Waals surface area contributed by atoms with E-state index in [0.29, 0.717) is 5.92 Å². The van der Waals surface area contributed by atoms with Gasteiger partial charge in [0.25, 0.3) is 0 Å². The molecule has 2 aliphatic rings. The quantitative estimate of drug-likeness (QED) is 0.874. The molecule has 2 fully saturated rings. The van der Waals surface area contributed by atoms with E-state index in [1.807, 2.05) is 12.3 Å². The average Bonchev–Trinajstić information content (AvgIpc) is 3.11. The molecule has 1 heterocycles. The lowest BCUT2D eigenvalue weighted by Crippen LogP contribution is -2.44. The van der Waals surface area contributed by atoms with Crippen molar-refractivity contribution in [3.8, 4) is 0 Å². The van der Waals surface area contributed by atoms with Gasteiger partial charge in [-0.05, 0) is 30.5 Å². The van der Waals surface area contributed by atoms with Crippen molar-refractivity contribution in [3.63, 3.8) is 0 Å². The van der Waals surface area contributed by atoms with Gasteiger partial charge in [0, 0.05) is 19.2 Å². The van der Waals surface area contributed by atoms with Gasteiger partial charge in [0.05, 0.1) is 6.10 Å². The number of rotatable bonds is 4. The first-order valence-corrected chi connectivity index (χ1v) is 7.10. The maximum Gasteiger partial charge on any atom is 0.243 e. The molecule has 1 aliphatic heterocycles. The molecule has 1 saturated heterocycles. The van der Waals surface area contributed by atoms with E-state index in [1.54, 1.807) is 7.11 Å². The molecular formula is C16H20N2O2. The van der Waals surface area contributed by atoms with Crippen molar-refractivity contribution in [3.05, 3.63) is 47.7 Å². The van der Waals surface area contributed by atoms with Crippen LogP contribution in [0.25, 0.3) is 0 Å². The Labute approximate surface area is 119 Å². The lowest BCUT2D eigenvalue weighted by Gasteiger charge is -2.16. The number of ether oxygens (including phenoxy) is 1. The Bertz CT molecular complexity index is 512. The zero-order valence-corrected chi connectivity index (χ0v) is 11.6. The minimum atomic E-state index is -0.231. The van der Waals surface area contributed by atoms with Crippen LogP contribution in [0.3, 0.4) is 0 Å². The van der Waals surface area contributed by atoms with E-state index in [2.05, 4.69) is 34.9 Å². The molecule has 106 valence electrons. The van der Waals surface area contributed by atoms with Crippen molar-refractivity contribution in [2.45, 2.75) is 30.9 Å². The summed E-state index contributed by atoms with van der Waals surface area (Å²) in [6, 6.07) is 10.2. The van der Waals surface area contributed by atoms with Crippen LogP contribution < -0.4 is 10.6 Å². The maximum absolute atomic E-state index is 12.1. The molecule has 1 amide bonds. The van der Waals surface area contributed by atoms with Gasteiger partial charge in [-0.25, -0.2) is 0 Å². The number of hydrogen-bond acceptors (Lipinski definition) is 3. The van der Waals surface area contributed by atoms with E-state index in [1.165, 1.54) is 11.1 Å². The van der Waals surface area contributed by atoms with Crippen LogP contribution in [-0.4, -0.2) is 31.7 Å². The fourth-order valence-electron chi connectivity index (χ4n) is 2.80. The topological polar surface area (TPSA) is 50.4 Å². The molecule has 1 aliphatic carbocycles. The van der Waals surface area contributed by atoms with Crippen LogP contribution in [0, 0.1) is 0 Å². The Kier molecular flexibility index (Phi) is 3.85. The van der Waals surface area contributed by atoms with Gasteiger partial charge < -0.3 is 15.4 Å². The van der Waals surface area contributed by atoms with Gasteiger partial charge in [-0.15, -0.1) is 0 Å². The third-order valence-electron chi connectivity index (χ3n) is 4.08. The number of methoxy groups -OCH3 is 1. The lowest BCUT2D eigenvalue weighted by atomic mass is 10.1. The predicted molar refractivity (Wildman–Crippen MR) is 77.2 cm³/mol. The SMILES string of the molecule is COC1CCNC1C(=O)NC=C1CC1c1ccccc1. The van der Waals surface area contributed by atoms with Crippen LogP contribution in [0.5, 0.6) is 0 Å². The van der Waals surface area contributed by atoms with Gasteiger partial charge in [-0.2, -0.15) is 0 Å². The molecule has 3 atom stereocenters. The number of carbonyl (C=O) groups excluding carboxylic acids is 1. The highest BCUT2D eigenvalue weighted by molar-refractivity contribution is 5.83. The van der Waals surface area contributed by atoms with Crippen LogP contribution in [-0.2, 0) is 9.53 Å². The van der Waals surface area contributed by atoms with Gasteiger partial charge in [0.15, 0.2) is 0 Å². The number of amides is 1. The molecule has 1 aromatic carbocycles. The van der Waals surface area contributed by atoms with Crippen molar-refractivity contribution in [2.24, 2.45) is 0 Å². The zero-order chi connectivity index (χ0) is 13.9. The normalized spacial score (nSPS) is 30.4. The molecular weight excluding hydrogens is 252 g/mol. The van der Waals surface area contributed by atoms with Crippen LogP contribution >= 0.6 is 0 Å². The molecule has 0 spiro atoms. The molecule has 20 heavy (non-hydrogen) atoms. The summed E-state index contributed by atoms with van der Waals surface area (Å²) in [5.74, 6) is 0.479. The first-order valence-electron chi connectivity index (χ1n) is 7.10. The van der Waals surface area contributed by atoms with Crippen molar-refractivity contribution in [1.29, 1.82) is 0 Å². The van der Waals surface area contributed by atoms with E-state index in [9.17, 15) is 4.79 Å². The van der Waals surface area contributed by atoms with E-state index >= 15 is 0 Å². The second kappa shape index (κ2) is 5.77. The van der Waals surface area contributed by atoms with Crippen LogP contribution in [0.15, 0.2) is 42.1 Å². The first kappa shape index (κ1) is 13.3. The van der Waals surface area contributed by atoms with Gasteiger partial charge in [0.2, 0.25) is 5.91 Å². The number of allylic oxidation sites excluding steroid dienone is 1. The molecule has 1 aromatic rings. The standard InChI is InChI=1S/C16H20N2O2/c1-20-14-7-8-17-15(14)16(19)18-10-12-9-13(12)11-5-3-2-4-6-11/h2-6,10,13-15,17H,7-9H2,1H3,(H,18,19). The molecule has 0 radical (unpaired) electrons. The summed E-state index contributed by atoms with van der Waals surface area (Å²) >= 11 is 0. The second-order valence-electron chi connectivity index (χ2n) is 5.39. The van der Waals surface area contributed by atoms with Crippen molar-refractivity contribution >= 4 is 5.91 Å². The molecule has 0 bridgehead atoms. The molecule has 4 nitrogen and oxygen atoms in total. The summed E-state index contributed by atoms with van der Waals surface area (Å²) in [6.45, 7) is 0.833. The van der Waals surface area contributed by atoms with Gasteiger partial charge in [-0.3, -0.25) is 4.79 Å². The third kappa shape index (κ3) is 2.76. The molecule has 4 heteroatoms. The summed E-state index contributed by atoms with van der Waals surface area (Å²) in [7, 11) is 1.66. The van der Waals surface area contributed by atoms with E-state index in [-0.39, 0.29) is 18.1 Å². The van der Waals surface area contributed by atoms with Crippen molar-refractivity contribution < 1.29 is 9.53 Å².